The Hall–Kier alpha value is -2.14. The van der Waals surface area contributed by atoms with Gasteiger partial charge in [0.1, 0.15) is 17.1 Å². The molecule has 3 aromatic heterocycles. The Bertz CT molecular complexity index is 737. The van der Waals surface area contributed by atoms with E-state index in [4.69, 9.17) is 16.3 Å². The lowest BCUT2D eigenvalue weighted by Gasteiger charge is -2.05. The van der Waals surface area contributed by atoms with Gasteiger partial charge in [-0.25, -0.2) is 15.0 Å². The van der Waals surface area contributed by atoms with Crippen molar-refractivity contribution in [3.05, 3.63) is 41.6 Å². The minimum Gasteiger partial charge on any atom is -0.481 e. The molecule has 0 unspecified atom stereocenters. The van der Waals surface area contributed by atoms with Gasteiger partial charge in [0.2, 0.25) is 5.88 Å². The molecule has 3 rings (SSSR count). The molecule has 0 amide bonds. The van der Waals surface area contributed by atoms with Gasteiger partial charge in [-0.05, 0) is 18.6 Å². The molecule has 0 atom stereocenters. The molecule has 5 nitrogen and oxygen atoms in total. The Labute approximate surface area is 128 Å². The molecule has 6 heteroatoms. The zero-order chi connectivity index (χ0) is 15.4. The molecule has 0 N–H and O–H groups in total. The van der Waals surface area contributed by atoms with Crippen LogP contribution in [0.3, 0.4) is 0 Å². The van der Waals surface area contributed by atoms with Crippen molar-refractivity contribution >= 4 is 22.6 Å². The summed E-state index contributed by atoms with van der Waals surface area (Å²) >= 11 is 6.11. The molecule has 0 spiro atoms. The van der Waals surface area contributed by atoms with Gasteiger partial charge in [-0.1, -0.05) is 25.4 Å². The van der Waals surface area contributed by atoms with E-state index in [-0.39, 0.29) is 0 Å². The van der Waals surface area contributed by atoms with E-state index in [1.807, 2.05) is 37.6 Å². The van der Waals surface area contributed by atoms with Crippen LogP contribution in [0.1, 0.15) is 19.4 Å². The quantitative estimate of drug-likeness (QED) is 0.676. The lowest BCUT2D eigenvalue weighted by Crippen LogP contribution is -1.96. The van der Waals surface area contributed by atoms with Crippen LogP contribution in [0, 0.1) is 6.92 Å². The first-order chi connectivity index (χ1) is 10.2. The van der Waals surface area contributed by atoms with Gasteiger partial charge in [0.25, 0.3) is 0 Å². The van der Waals surface area contributed by atoms with Crippen LogP contribution in [0.15, 0.2) is 30.9 Å². The van der Waals surface area contributed by atoms with E-state index in [0.29, 0.717) is 11.0 Å². The van der Waals surface area contributed by atoms with Crippen molar-refractivity contribution in [3.8, 4) is 11.6 Å². The smallest absolute Gasteiger partial charge is 0.213 e. The second kappa shape index (κ2) is 6.54. The molecular weight excluding hydrogens is 288 g/mol. The third-order valence-corrected chi connectivity index (χ3v) is 3.22. The molecule has 0 saturated carbocycles. The number of aromatic nitrogens is 4. The van der Waals surface area contributed by atoms with Crippen molar-refractivity contribution in [2.75, 3.05) is 7.11 Å². The van der Waals surface area contributed by atoms with E-state index in [2.05, 4.69) is 15.0 Å². The molecule has 3 aromatic rings. The van der Waals surface area contributed by atoms with E-state index in [1.165, 1.54) is 6.33 Å². The van der Waals surface area contributed by atoms with Crippen molar-refractivity contribution in [1.82, 2.24) is 19.5 Å². The maximum Gasteiger partial charge on any atom is 0.213 e. The van der Waals surface area contributed by atoms with Crippen molar-refractivity contribution in [1.29, 1.82) is 0 Å². The van der Waals surface area contributed by atoms with E-state index in [9.17, 15) is 0 Å². The second-order valence-electron chi connectivity index (χ2n) is 4.10. The summed E-state index contributed by atoms with van der Waals surface area (Å²) in [5, 5.41) is 1.32. The van der Waals surface area contributed by atoms with Crippen molar-refractivity contribution < 1.29 is 4.74 Å². The number of nitrogens with zero attached hydrogens (tertiary/aromatic N) is 4. The summed E-state index contributed by atoms with van der Waals surface area (Å²) in [6.45, 7) is 5.98. The topological polar surface area (TPSA) is 52.8 Å². The van der Waals surface area contributed by atoms with Gasteiger partial charge >= 0.3 is 0 Å². The predicted molar refractivity (Wildman–Crippen MR) is 84.3 cm³/mol. The van der Waals surface area contributed by atoms with Crippen LogP contribution in [-0.4, -0.2) is 26.6 Å². The highest BCUT2D eigenvalue weighted by atomic mass is 35.5. The van der Waals surface area contributed by atoms with E-state index in [0.717, 1.165) is 22.3 Å². The van der Waals surface area contributed by atoms with Crippen molar-refractivity contribution in [2.45, 2.75) is 20.8 Å². The Morgan fingerprint density at radius 1 is 1.14 bits per heavy atom. The van der Waals surface area contributed by atoms with E-state index >= 15 is 0 Å². The summed E-state index contributed by atoms with van der Waals surface area (Å²) in [5.41, 5.74) is 2.69. The Kier molecular flexibility index (Phi) is 4.75. The average molecular weight is 305 g/mol. The number of aryl methyl sites for hydroxylation is 1. The van der Waals surface area contributed by atoms with Gasteiger partial charge in [0.15, 0.2) is 0 Å². The third kappa shape index (κ3) is 2.83. The van der Waals surface area contributed by atoms with Crippen LogP contribution >= 0.6 is 11.6 Å². The fraction of sp³-hybridized carbons (Fsp3) is 0.267. The number of methoxy groups -OCH3 is 1. The number of hydrogen-bond acceptors (Lipinski definition) is 4. The Morgan fingerprint density at radius 3 is 2.52 bits per heavy atom. The van der Waals surface area contributed by atoms with Gasteiger partial charge in [0.05, 0.1) is 24.4 Å². The second-order valence-corrected chi connectivity index (χ2v) is 4.46. The minimum atomic E-state index is 0.461. The summed E-state index contributed by atoms with van der Waals surface area (Å²) in [6.07, 6.45) is 5.15. The monoisotopic (exact) mass is 304 g/mol. The normalized spacial score (nSPS) is 10.1. The number of hydrogen-bond donors (Lipinski definition) is 0. The highest BCUT2D eigenvalue weighted by molar-refractivity contribution is 6.34. The van der Waals surface area contributed by atoms with Crippen molar-refractivity contribution in [2.24, 2.45) is 0 Å². The summed E-state index contributed by atoms with van der Waals surface area (Å²) < 4.78 is 6.98. The Morgan fingerprint density at radius 2 is 1.90 bits per heavy atom. The maximum absolute atomic E-state index is 6.11. The molecule has 0 aliphatic rings. The van der Waals surface area contributed by atoms with Gasteiger partial charge in [-0.15, -0.1) is 0 Å². The first-order valence-corrected chi connectivity index (χ1v) is 7.07. The molecule has 0 aliphatic carbocycles. The number of pyridine rings is 1. The zero-order valence-corrected chi connectivity index (χ0v) is 13.2. The minimum absolute atomic E-state index is 0.461. The molecule has 3 heterocycles. The van der Waals surface area contributed by atoms with Crippen LogP contribution in [0.2, 0.25) is 5.15 Å². The van der Waals surface area contributed by atoms with E-state index < -0.39 is 0 Å². The largest absolute Gasteiger partial charge is 0.481 e. The molecule has 0 fully saturated rings. The standard InChI is InChI=1S/C13H11ClN4O.C2H6/c1-8-6-18(9-3-4-10(19-2)15-5-9)13-11(8)12(14)16-7-17-13;1-2/h3-7H,1-2H3;1-2H3. The molecule has 0 radical (unpaired) electrons. The summed E-state index contributed by atoms with van der Waals surface area (Å²) in [4.78, 5) is 12.5. The number of ether oxygens (including phenoxy) is 1. The number of fused-ring (bicyclic) bond motifs is 1. The SMILES string of the molecule is CC.COc1ccc(-n2cc(C)c3c(Cl)ncnc32)cn1. The lowest BCUT2D eigenvalue weighted by atomic mass is 10.3. The molecule has 110 valence electrons. The van der Waals surface area contributed by atoms with Gasteiger partial charge < -0.3 is 4.74 Å². The maximum atomic E-state index is 6.11. The first kappa shape index (κ1) is 15.3. The van der Waals surface area contributed by atoms with Crippen molar-refractivity contribution in [3.63, 3.8) is 0 Å². The predicted octanol–water partition coefficient (Wildman–Crippen LogP) is 3.81. The zero-order valence-electron chi connectivity index (χ0n) is 12.5. The van der Waals surface area contributed by atoms with E-state index in [1.54, 1.807) is 19.4 Å². The molecule has 0 saturated heterocycles. The van der Waals surface area contributed by atoms with Crippen LogP contribution in [0.4, 0.5) is 0 Å². The van der Waals surface area contributed by atoms with Crippen LogP contribution < -0.4 is 4.74 Å². The van der Waals surface area contributed by atoms with Gasteiger partial charge in [-0.3, -0.25) is 4.57 Å². The van der Waals surface area contributed by atoms with Crippen LogP contribution in [-0.2, 0) is 0 Å². The van der Waals surface area contributed by atoms with Gasteiger partial charge in [-0.2, -0.15) is 0 Å². The number of rotatable bonds is 2. The summed E-state index contributed by atoms with van der Waals surface area (Å²) in [6, 6.07) is 3.72. The van der Waals surface area contributed by atoms with Crippen LogP contribution in [0.25, 0.3) is 16.7 Å². The molecule has 0 aromatic carbocycles. The third-order valence-electron chi connectivity index (χ3n) is 2.93. The summed E-state index contributed by atoms with van der Waals surface area (Å²) in [5.74, 6) is 0.574. The first-order valence-electron chi connectivity index (χ1n) is 6.69. The molecule has 0 aliphatic heterocycles. The highest BCUT2D eigenvalue weighted by Crippen LogP contribution is 2.27. The Balaban J connectivity index is 0.000000774. The number of halogens is 1. The average Bonchev–Trinajstić information content (AvgIpc) is 2.88. The molecular formula is C15H17ClN4O. The lowest BCUT2D eigenvalue weighted by molar-refractivity contribution is 0.398. The summed E-state index contributed by atoms with van der Waals surface area (Å²) in [7, 11) is 1.59. The molecule has 0 bridgehead atoms. The fourth-order valence-electron chi connectivity index (χ4n) is 2.03. The molecule has 21 heavy (non-hydrogen) atoms. The fourth-order valence-corrected chi connectivity index (χ4v) is 2.31. The highest BCUT2D eigenvalue weighted by Gasteiger charge is 2.12. The van der Waals surface area contributed by atoms with Crippen LogP contribution in [0.5, 0.6) is 5.88 Å². The van der Waals surface area contributed by atoms with Gasteiger partial charge in [0, 0.05) is 12.3 Å².